The van der Waals surface area contributed by atoms with Gasteiger partial charge < -0.3 is 10.0 Å². The number of rotatable bonds is 6. The van der Waals surface area contributed by atoms with Crippen LogP contribution in [0.5, 0.6) is 0 Å². The first-order valence-corrected chi connectivity index (χ1v) is 10.6. The highest BCUT2D eigenvalue weighted by Gasteiger charge is 2.49. The van der Waals surface area contributed by atoms with Crippen LogP contribution in [-0.4, -0.2) is 47.1 Å². The van der Waals surface area contributed by atoms with Crippen molar-refractivity contribution in [3.8, 4) is 0 Å². The van der Waals surface area contributed by atoms with Crippen LogP contribution in [0.1, 0.15) is 52.9 Å². The number of piperidine rings is 2. The van der Waals surface area contributed by atoms with Gasteiger partial charge in [-0.2, -0.15) is 0 Å². The van der Waals surface area contributed by atoms with Gasteiger partial charge in [-0.1, -0.05) is 31.2 Å². The molecule has 3 rings (SSSR count). The summed E-state index contributed by atoms with van der Waals surface area (Å²) in [6.45, 7) is 13.2. The summed E-state index contributed by atoms with van der Waals surface area (Å²) >= 11 is 0. The fourth-order valence-corrected chi connectivity index (χ4v) is 4.80. The summed E-state index contributed by atoms with van der Waals surface area (Å²) in [5.74, 6) is 0.105. The Kier molecular flexibility index (Phi) is 6.25. The average molecular weight is 387 g/mol. The highest BCUT2D eigenvalue weighted by atomic mass is 16.3. The van der Waals surface area contributed by atoms with Crippen molar-refractivity contribution in [2.24, 2.45) is 17.8 Å². The molecule has 2 aliphatic heterocycles. The molecule has 0 bridgehead atoms. The molecule has 154 valence electrons. The molecule has 5 heteroatoms. The zero-order valence-electron chi connectivity index (χ0n) is 17.5. The van der Waals surface area contributed by atoms with E-state index in [0.29, 0.717) is 24.7 Å². The van der Waals surface area contributed by atoms with Crippen LogP contribution in [0.3, 0.4) is 0 Å². The summed E-state index contributed by atoms with van der Waals surface area (Å²) in [7, 11) is 0. The van der Waals surface area contributed by atoms with Crippen LogP contribution in [0.4, 0.5) is 0 Å². The number of hydrogen-bond acceptors (Lipinski definition) is 4. The van der Waals surface area contributed by atoms with Crippen LogP contribution in [-0.2, 0) is 9.59 Å². The predicted molar refractivity (Wildman–Crippen MR) is 110 cm³/mol. The minimum absolute atomic E-state index is 0.211. The van der Waals surface area contributed by atoms with E-state index in [1.165, 1.54) is 12.8 Å². The maximum absolute atomic E-state index is 12.1. The molecular weight excluding hydrogens is 352 g/mol. The van der Waals surface area contributed by atoms with Crippen molar-refractivity contribution in [3.63, 3.8) is 0 Å². The van der Waals surface area contributed by atoms with Gasteiger partial charge >= 0.3 is 0 Å². The van der Waals surface area contributed by atoms with E-state index in [9.17, 15) is 14.7 Å². The molecule has 2 heterocycles. The Morgan fingerprint density at radius 1 is 1.29 bits per heavy atom. The van der Waals surface area contributed by atoms with Crippen molar-refractivity contribution in [3.05, 3.63) is 35.5 Å². The number of likely N-dealkylation sites (tertiary alicyclic amines) is 1. The molecule has 1 saturated carbocycles. The summed E-state index contributed by atoms with van der Waals surface area (Å²) in [5, 5.41) is 14.0. The Bertz CT molecular complexity index is 719. The summed E-state index contributed by atoms with van der Waals surface area (Å²) in [6.07, 6.45) is 8.04. The molecule has 3 atom stereocenters. The Labute approximate surface area is 168 Å². The molecule has 0 radical (unpaired) electrons. The third-order valence-corrected chi connectivity index (χ3v) is 6.74. The molecule has 2 N–H and O–H groups in total. The Hall–Kier alpha value is -1.72. The van der Waals surface area contributed by atoms with Crippen LogP contribution in [0.15, 0.2) is 35.5 Å². The molecule has 0 aromatic rings. The number of hydrogen-bond donors (Lipinski definition) is 2. The van der Waals surface area contributed by atoms with Gasteiger partial charge in [-0.3, -0.25) is 14.9 Å². The molecule has 0 aromatic heterocycles. The van der Waals surface area contributed by atoms with Crippen molar-refractivity contribution in [2.75, 3.05) is 19.6 Å². The number of amides is 2. The molecule has 0 aromatic carbocycles. The highest BCUT2D eigenvalue weighted by Crippen LogP contribution is 2.48. The zero-order valence-corrected chi connectivity index (χ0v) is 17.5. The molecule has 28 heavy (non-hydrogen) atoms. The van der Waals surface area contributed by atoms with E-state index in [4.69, 9.17) is 0 Å². The van der Waals surface area contributed by atoms with Gasteiger partial charge in [-0.15, -0.1) is 0 Å². The number of aliphatic hydroxyl groups is 1. The van der Waals surface area contributed by atoms with Gasteiger partial charge in [0.05, 0.1) is 11.5 Å². The lowest BCUT2D eigenvalue weighted by atomic mass is 9.73. The molecule has 3 fully saturated rings. The fraction of sp³-hybridized carbons (Fsp3) is 0.652. The molecule has 1 aliphatic carbocycles. The highest BCUT2D eigenvalue weighted by molar-refractivity contribution is 6.00. The first-order valence-electron chi connectivity index (χ1n) is 10.6. The van der Waals surface area contributed by atoms with E-state index < -0.39 is 5.60 Å². The van der Waals surface area contributed by atoms with Crippen LogP contribution < -0.4 is 5.32 Å². The average Bonchev–Trinajstić information content (AvgIpc) is 3.46. The van der Waals surface area contributed by atoms with Crippen LogP contribution >= 0.6 is 0 Å². The van der Waals surface area contributed by atoms with Gasteiger partial charge in [-0.25, -0.2) is 0 Å². The summed E-state index contributed by atoms with van der Waals surface area (Å²) in [6, 6.07) is 0. The van der Waals surface area contributed by atoms with Crippen LogP contribution in [0.25, 0.3) is 0 Å². The Balaban J connectivity index is 1.73. The number of nitrogens with one attached hydrogen (secondary N) is 1. The normalized spacial score (nSPS) is 33.0. The second-order valence-electron chi connectivity index (χ2n) is 8.81. The van der Waals surface area contributed by atoms with Crippen LogP contribution in [0.2, 0.25) is 0 Å². The van der Waals surface area contributed by atoms with Crippen molar-refractivity contribution < 1.29 is 14.7 Å². The number of allylic oxidation sites excluding steroid dienone is 3. The molecular formula is C23H34N2O3. The van der Waals surface area contributed by atoms with E-state index in [1.807, 2.05) is 26.0 Å². The standard InChI is InChI=1S/C23H34N2O3/c1-5-25-11-10-23(28,20(14-25)18-6-7-18)17(4)13-15(2)12-16(3)19-8-9-21(26)24-22(19)27/h12-13,18-20,28H,3,5-11,14H2,1-2,4H3,(H,24,26,27)/b15-12+,17-13+. The number of carbonyl (C=O) groups is 2. The largest absolute Gasteiger partial charge is 0.385 e. The van der Waals surface area contributed by atoms with Crippen molar-refractivity contribution in [2.45, 2.75) is 58.5 Å². The lowest BCUT2D eigenvalue weighted by molar-refractivity contribution is -0.135. The zero-order chi connectivity index (χ0) is 20.5. The smallest absolute Gasteiger partial charge is 0.234 e. The minimum atomic E-state index is -0.752. The van der Waals surface area contributed by atoms with E-state index in [-0.39, 0.29) is 17.7 Å². The minimum Gasteiger partial charge on any atom is -0.385 e. The van der Waals surface area contributed by atoms with Gasteiger partial charge in [0.2, 0.25) is 11.8 Å². The van der Waals surface area contributed by atoms with Gasteiger partial charge in [0.1, 0.15) is 0 Å². The number of imide groups is 1. The maximum Gasteiger partial charge on any atom is 0.234 e. The molecule has 2 amide bonds. The molecule has 3 unspecified atom stereocenters. The van der Waals surface area contributed by atoms with Crippen molar-refractivity contribution in [1.29, 1.82) is 0 Å². The molecule has 0 spiro atoms. The number of nitrogens with zero attached hydrogens (tertiary/aromatic N) is 1. The predicted octanol–water partition coefficient (Wildman–Crippen LogP) is 2.97. The van der Waals surface area contributed by atoms with Crippen molar-refractivity contribution >= 4 is 11.8 Å². The van der Waals surface area contributed by atoms with Gasteiger partial charge in [0, 0.05) is 25.4 Å². The lowest BCUT2D eigenvalue weighted by Crippen LogP contribution is -2.53. The Morgan fingerprint density at radius 3 is 2.61 bits per heavy atom. The monoisotopic (exact) mass is 386 g/mol. The summed E-state index contributed by atoms with van der Waals surface area (Å²) in [5.41, 5.74) is 1.95. The van der Waals surface area contributed by atoms with E-state index >= 15 is 0 Å². The van der Waals surface area contributed by atoms with E-state index in [0.717, 1.165) is 42.8 Å². The third kappa shape index (κ3) is 4.47. The van der Waals surface area contributed by atoms with Gasteiger partial charge in [0.15, 0.2) is 0 Å². The van der Waals surface area contributed by atoms with E-state index in [2.05, 4.69) is 23.7 Å². The maximum atomic E-state index is 12.1. The van der Waals surface area contributed by atoms with E-state index in [1.54, 1.807) is 0 Å². The molecule has 5 nitrogen and oxygen atoms in total. The third-order valence-electron chi connectivity index (χ3n) is 6.74. The fourth-order valence-electron chi connectivity index (χ4n) is 4.80. The SMILES string of the molecule is C=C(/C=C(C)/C=C(\C)C1(O)CCN(CC)CC1C1CC1)C1CCC(=O)NC1=O. The summed E-state index contributed by atoms with van der Waals surface area (Å²) in [4.78, 5) is 25.8. The quantitative estimate of drug-likeness (QED) is 0.544. The van der Waals surface area contributed by atoms with Crippen molar-refractivity contribution in [1.82, 2.24) is 10.2 Å². The summed E-state index contributed by atoms with van der Waals surface area (Å²) < 4.78 is 0. The van der Waals surface area contributed by atoms with Gasteiger partial charge in [-0.05, 0) is 63.1 Å². The number of carbonyl (C=O) groups excluding carboxylic acids is 2. The molecule has 2 saturated heterocycles. The van der Waals surface area contributed by atoms with Crippen LogP contribution in [0, 0.1) is 17.8 Å². The second-order valence-corrected chi connectivity index (χ2v) is 8.81. The topological polar surface area (TPSA) is 69.6 Å². The first kappa shape index (κ1) is 21.0. The van der Waals surface area contributed by atoms with Gasteiger partial charge in [0.25, 0.3) is 0 Å². The lowest BCUT2D eigenvalue weighted by Gasteiger charge is -2.45. The molecule has 3 aliphatic rings. The Morgan fingerprint density at radius 2 is 2.00 bits per heavy atom. The second kappa shape index (κ2) is 8.34. The first-order chi connectivity index (χ1) is 13.2.